The maximum absolute atomic E-state index is 5.82. The molecule has 159 valence electrons. The van der Waals surface area contributed by atoms with Crippen LogP contribution in [0.25, 0.3) is 0 Å². The van der Waals surface area contributed by atoms with Crippen molar-refractivity contribution in [2.24, 2.45) is 21.8 Å². The van der Waals surface area contributed by atoms with E-state index < -0.39 is 0 Å². The van der Waals surface area contributed by atoms with Crippen LogP contribution in [0.1, 0.15) is 52.9 Å². The van der Waals surface area contributed by atoms with Gasteiger partial charge in [-0.25, -0.2) is 15.0 Å². The number of aliphatic imine (C=N–C) groups is 2. The van der Waals surface area contributed by atoms with E-state index in [0.717, 1.165) is 11.4 Å². The molecule has 2 aliphatic heterocycles. The first kappa shape index (κ1) is 29.7. The Labute approximate surface area is 197 Å². The van der Waals surface area contributed by atoms with E-state index >= 15 is 0 Å². The van der Waals surface area contributed by atoms with Gasteiger partial charge in [-0.05, 0) is 37.8 Å². The first-order valence-electron chi connectivity index (χ1n) is 8.67. The van der Waals surface area contributed by atoms with Crippen molar-refractivity contribution < 1.29 is 63.8 Å². The van der Waals surface area contributed by atoms with Crippen molar-refractivity contribution in [3.8, 4) is 0 Å². The van der Waals surface area contributed by atoms with E-state index in [1.807, 2.05) is 18.2 Å². The molecule has 2 aliphatic rings. The zero-order valence-corrected chi connectivity index (χ0v) is 20.3. The Kier molecular flexibility index (Phi) is 11.7. The molecule has 1 radical (unpaired) electrons. The Balaban J connectivity index is 0. The van der Waals surface area contributed by atoms with Crippen LogP contribution >= 0.6 is 0 Å². The smallest absolute Gasteiger partial charge is 1.00 e. The minimum absolute atomic E-state index is 0. The summed E-state index contributed by atoms with van der Waals surface area (Å²) < 4.78 is 11.6. The van der Waals surface area contributed by atoms with Crippen LogP contribution in [0.3, 0.4) is 0 Å². The number of aromatic nitrogens is 1. The van der Waals surface area contributed by atoms with Gasteiger partial charge in [0.05, 0.1) is 11.1 Å². The van der Waals surface area contributed by atoms with Gasteiger partial charge in [0.25, 0.3) is 0 Å². The quantitative estimate of drug-likeness (QED) is 0.395. The molecule has 0 aliphatic carbocycles. The average molecular weight is 492 g/mol. The van der Waals surface area contributed by atoms with E-state index in [-0.39, 0.29) is 65.4 Å². The molecule has 3 rings (SSSR count). The van der Waals surface area contributed by atoms with Gasteiger partial charge in [0.2, 0.25) is 11.8 Å². The molecule has 0 spiro atoms. The molecule has 0 N–H and O–H groups in total. The van der Waals surface area contributed by atoms with Gasteiger partial charge >= 0.3 is 17.1 Å². The summed E-state index contributed by atoms with van der Waals surface area (Å²) in [5.41, 5.74) is 1.09. The average Bonchev–Trinajstić information content (AvgIpc) is 3.13. The van der Waals surface area contributed by atoms with Gasteiger partial charge in [0, 0.05) is 0 Å². The molecule has 0 saturated heterocycles. The second-order valence-corrected chi connectivity index (χ2v) is 7.84. The zero-order chi connectivity index (χ0) is 17.5. The molecule has 0 aromatic carbocycles. The van der Waals surface area contributed by atoms with Gasteiger partial charge in [-0.2, -0.15) is 0 Å². The number of ether oxygens (including phenoxy) is 2. The fourth-order valence-electron chi connectivity index (χ4n) is 2.55. The predicted molar refractivity (Wildman–Crippen MR) is 95.7 cm³/mol. The van der Waals surface area contributed by atoms with Crippen LogP contribution in [0.4, 0.5) is 0 Å². The standard InChI is InChI=1S/C19H27N3O2.3ClH.Fe/c1-12(2)18(5)10-23-16(21-18)14-8-7-9-15(20-14)17-22-19(6,11-24-17)13(3)4;;;;/h7-9,12-13H,10-11H2,1-6H3;3*1H;/q;;;;+3/p-3/t18-,19-;;;;/m0..../s1. The van der Waals surface area contributed by atoms with Crippen molar-refractivity contribution in [2.45, 2.75) is 52.6 Å². The van der Waals surface area contributed by atoms with Gasteiger partial charge in [-0.1, -0.05) is 33.8 Å². The van der Waals surface area contributed by atoms with Gasteiger partial charge in [0.1, 0.15) is 24.6 Å². The molecule has 0 bridgehead atoms. The van der Waals surface area contributed by atoms with Gasteiger partial charge in [0.15, 0.2) is 0 Å². The Morgan fingerprint density at radius 3 is 1.43 bits per heavy atom. The fourth-order valence-corrected chi connectivity index (χ4v) is 2.55. The molecule has 0 saturated carbocycles. The van der Waals surface area contributed by atoms with Crippen molar-refractivity contribution in [3.05, 3.63) is 29.6 Å². The van der Waals surface area contributed by atoms with Gasteiger partial charge in [-0.3, -0.25) is 0 Å². The molecule has 0 amide bonds. The second kappa shape index (κ2) is 11.0. The third-order valence-electron chi connectivity index (χ3n) is 5.39. The Hall–Kier alpha value is -0.521. The van der Waals surface area contributed by atoms with Crippen LogP contribution in [0.2, 0.25) is 0 Å². The normalized spacial score (nSPS) is 25.3. The third-order valence-corrected chi connectivity index (χ3v) is 5.39. The Morgan fingerprint density at radius 1 is 0.786 bits per heavy atom. The van der Waals surface area contributed by atoms with Crippen LogP contribution in [0.5, 0.6) is 0 Å². The summed E-state index contributed by atoms with van der Waals surface area (Å²) >= 11 is 0. The van der Waals surface area contributed by atoms with Crippen LogP contribution in [-0.2, 0) is 26.5 Å². The summed E-state index contributed by atoms with van der Waals surface area (Å²) in [6, 6.07) is 5.79. The second-order valence-electron chi connectivity index (χ2n) is 7.84. The summed E-state index contributed by atoms with van der Waals surface area (Å²) in [6.45, 7) is 14.1. The van der Waals surface area contributed by atoms with Crippen LogP contribution < -0.4 is 37.2 Å². The monoisotopic (exact) mass is 490 g/mol. The summed E-state index contributed by atoms with van der Waals surface area (Å²) in [6.07, 6.45) is 0. The number of nitrogens with zero attached hydrogens (tertiary/aromatic N) is 3. The van der Waals surface area contributed by atoms with Crippen molar-refractivity contribution in [3.63, 3.8) is 0 Å². The number of rotatable bonds is 4. The van der Waals surface area contributed by atoms with Crippen LogP contribution in [0.15, 0.2) is 28.2 Å². The van der Waals surface area contributed by atoms with Gasteiger partial charge in [-0.15, -0.1) is 0 Å². The van der Waals surface area contributed by atoms with E-state index in [0.29, 0.717) is 36.8 Å². The molecule has 28 heavy (non-hydrogen) atoms. The minimum atomic E-state index is -0.190. The summed E-state index contributed by atoms with van der Waals surface area (Å²) in [5, 5.41) is 0. The third kappa shape index (κ3) is 5.76. The Bertz CT molecular complexity index is 660. The number of halogens is 3. The van der Waals surface area contributed by atoms with Gasteiger partial charge < -0.3 is 46.7 Å². The van der Waals surface area contributed by atoms with E-state index in [1.54, 1.807) is 0 Å². The molecular weight excluding hydrogens is 464 g/mol. The van der Waals surface area contributed by atoms with Crippen molar-refractivity contribution in [1.29, 1.82) is 0 Å². The topological polar surface area (TPSA) is 56.1 Å². The molecule has 9 heteroatoms. The zero-order valence-electron chi connectivity index (χ0n) is 16.9. The first-order chi connectivity index (χ1) is 11.2. The molecule has 3 heterocycles. The Morgan fingerprint density at radius 2 is 1.14 bits per heavy atom. The van der Waals surface area contributed by atoms with E-state index in [1.165, 1.54) is 0 Å². The van der Waals surface area contributed by atoms with Crippen molar-refractivity contribution in [2.75, 3.05) is 13.2 Å². The summed E-state index contributed by atoms with van der Waals surface area (Å²) in [5.74, 6) is 2.04. The number of hydrogen-bond acceptors (Lipinski definition) is 5. The predicted octanol–water partition coefficient (Wildman–Crippen LogP) is -5.53. The van der Waals surface area contributed by atoms with Crippen LogP contribution in [0, 0.1) is 11.8 Å². The maximum Gasteiger partial charge on any atom is 3.00 e. The summed E-state index contributed by atoms with van der Waals surface area (Å²) in [4.78, 5) is 14.2. The minimum Gasteiger partial charge on any atom is -1.00 e. The van der Waals surface area contributed by atoms with E-state index in [2.05, 4.69) is 46.5 Å². The fraction of sp³-hybridized carbons (Fsp3) is 0.632. The van der Waals surface area contributed by atoms with Crippen molar-refractivity contribution in [1.82, 2.24) is 4.98 Å². The molecule has 1 aromatic rings. The molecule has 0 unspecified atom stereocenters. The first-order valence-corrected chi connectivity index (χ1v) is 8.67. The molecule has 1 aromatic heterocycles. The SMILES string of the molecule is CC(C)[C@]1(C)COC(c2cccc(C3=N[C@](C)(C(C)C)CO3)n2)=N1.[Cl-].[Cl-].[Cl-].[Fe+3]. The van der Waals surface area contributed by atoms with E-state index in [9.17, 15) is 0 Å². The number of pyridine rings is 1. The molecule has 5 nitrogen and oxygen atoms in total. The molecular formula is C19H27Cl3FeN3O2. The molecule has 0 fully saturated rings. The maximum atomic E-state index is 5.82. The largest absolute Gasteiger partial charge is 3.00 e. The number of hydrogen-bond donors (Lipinski definition) is 0. The van der Waals surface area contributed by atoms with Crippen molar-refractivity contribution >= 4 is 11.8 Å². The van der Waals surface area contributed by atoms with Crippen LogP contribution in [-0.4, -0.2) is 41.1 Å². The van der Waals surface area contributed by atoms with E-state index in [4.69, 9.17) is 19.5 Å². The molecule has 2 atom stereocenters. The summed E-state index contributed by atoms with van der Waals surface area (Å²) in [7, 11) is 0.